The van der Waals surface area contributed by atoms with Gasteiger partial charge in [0, 0.05) is 42.1 Å². The predicted octanol–water partition coefficient (Wildman–Crippen LogP) is 5.04. The number of sulfonamides is 1. The van der Waals surface area contributed by atoms with Crippen molar-refractivity contribution in [2.24, 2.45) is 0 Å². The van der Waals surface area contributed by atoms with E-state index in [2.05, 4.69) is 15.0 Å². The first-order valence-electron chi connectivity index (χ1n) is 12.6. The van der Waals surface area contributed by atoms with Crippen molar-refractivity contribution in [1.82, 2.24) is 24.2 Å². The van der Waals surface area contributed by atoms with Crippen molar-refractivity contribution in [2.45, 2.75) is 29.7 Å². The number of carbonyl (C=O) groups excluding carboxylic acids is 1. The zero-order valence-corrected chi connectivity index (χ0v) is 22.0. The molecule has 0 bridgehead atoms. The Morgan fingerprint density at radius 3 is 2.38 bits per heavy atom. The molecule has 2 aromatic heterocycles. The lowest BCUT2D eigenvalue weighted by atomic mass is 10.1. The summed E-state index contributed by atoms with van der Waals surface area (Å²) >= 11 is 0. The van der Waals surface area contributed by atoms with Gasteiger partial charge in [0.1, 0.15) is 11.4 Å². The molecule has 1 fully saturated rings. The third-order valence-electron chi connectivity index (χ3n) is 7.16. The van der Waals surface area contributed by atoms with Gasteiger partial charge in [-0.05, 0) is 60.9 Å². The molecule has 1 aliphatic carbocycles. The number of hydrogen-bond donors (Lipinski definition) is 2. The summed E-state index contributed by atoms with van der Waals surface area (Å²) in [5.41, 5.74) is 2.55. The Balaban J connectivity index is 1.36. The van der Waals surface area contributed by atoms with E-state index in [0.29, 0.717) is 17.8 Å². The average Bonchev–Trinajstić information content (AvgIpc) is 3.31. The Labute approximate surface area is 227 Å². The van der Waals surface area contributed by atoms with Gasteiger partial charge < -0.3 is 14.5 Å². The Morgan fingerprint density at radius 1 is 0.897 bits per heavy atom. The second-order valence-electron chi connectivity index (χ2n) is 9.69. The van der Waals surface area contributed by atoms with Crippen LogP contribution in [0, 0.1) is 6.92 Å². The number of benzene rings is 3. The molecular weight excluding hydrogens is 510 g/mol. The lowest BCUT2D eigenvalue weighted by molar-refractivity contribution is 0.239. The van der Waals surface area contributed by atoms with Gasteiger partial charge in [-0.25, -0.2) is 22.9 Å². The highest BCUT2D eigenvalue weighted by atomic mass is 32.2. The first-order valence-corrected chi connectivity index (χ1v) is 14.1. The van der Waals surface area contributed by atoms with E-state index in [9.17, 15) is 13.2 Å². The van der Waals surface area contributed by atoms with Gasteiger partial charge in [0.2, 0.25) is 0 Å². The number of aryl methyl sites for hydroxylation is 1. The highest BCUT2D eigenvalue weighted by molar-refractivity contribution is 7.90. The van der Waals surface area contributed by atoms with Crippen LogP contribution in [0.4, 0.5) is 4.79 Å². The molecule has 5 aromatic rings. The quantitative estimate of drug-likeness (QED) is 0.304. The van der Waals surface area contributed by atoms with Crippen molar-refractivity contribution in [3.63, 3.8) is 0 Å². The van der Waals surface area contributed by atoms with Gasteiger partial charge in [-0.1, -0.05) is 54.6 Å². The molecule has 0 radical (unpaired) electrons. The second-order valence-corrected chi connectivity index (χ2v) is 11.3. The first-order chi connectivity index (χ1) is 18.9. The van der Waals surface area contributed by atoms with Crippen molar-refractivity contribution in [1.29, 1.82) is 0 Å². The molecular formula is C30H27N5O3S. The van der Waals surface area contributed by atoms with E-state index in [1.165, 1.54) is 6.07 Å². The molecule has 3 aromatic carbocycles. The van der Waals surface area contributed by atoms with Gasteiger partial charge in [-0.2, -0.15) is 0 Å². The van der Waals surface area contributed by atoms with Crippen LogP contribution in [0.2, 0.25) is 0 Å². The first kappa shape index (κ1) is 24.7. The van der Waals surface area contributed by atoms with Crippen molar-refractivity contribution in [2.75, 3.05) is 0 Å². The maximum atomic E-state index is 13.3. The number of aromatic nitrogens is 3. The summed E-state index contributed by atoms with van der Waals surface area (Å²) in [4.78, 5) is 18.0. The van der Waals surface area contributed by atoms with Crippen molar-refractivity contribution in [3.05, 3.63) is 133 Å². The molecule has 39 heavy (non-hydrogen) atoms. The molecule has 0 spiro atoms. The number of nitrogens with one attached hydrogen (secondary N) is 2. The molecule has 0 aliphatic heterocycles. The van der Waals surface area contributed by atoms with E-state index in [1.54, 1.807) is 31.3 Å². The van der Waals surface area contributed by atoms with E-state index < -0.39 is 21.6 Å². The normalized spacial score (nSPS) is 18.4. The monoisotopic (exact) mass is 537 g/mol. The fourth-order valence-corrected chi connectivity index (χ4v) is 6.36. The number of imidazole rings is 1. The third-order valence-corrected chi connectivity index (χ3v) is 8.65. The summed E-state index contributed by atoms with van der Waals surface area (Å²) in [5.74, 6) is 0.545. The molecule has 9 heteroatoms. The largest absolute Gasteiger partial charge is 0.329 e. The highest BCUT2D eigenvalue weighted by Gasteiger charge is 2.60. The van der Waals surface area contributed by atoms with Crippen molar-refractivity contribution < 1.29 is 13.2 Å². The van der Waals surface area contributed by atoms with Crippen LogP contribution in [-0.4, -0.2) is 28.6 Å². The summed E-state index contributed by atoms with van der Waals surface area (Å²) in [7, 11) is -4.07. The van der Waals surface area contributed by atoms with Crippen LogP contribution in [0.3, 0.4) is 0 Å². The lowest BCUT2D eigenvalue weighted by Gasteiger charge is -2.22. The molecule has 2 unspecified atom stereocenters. The van der Waals surface area contributed by atoms with Crippen LogP contribution in [0.15, 0.2) is 121 Å². The lowest BCUT2D eigenvalue weighted by Crippen LogP contribution is -2.46. The molecule has 196 valence electrons. The smallest absolute Gasteiger partial charge is 0.324 e. The predicted molar refractivity (Wildman–Crippen MR) is 148 cm³/mol. The molecule has 1 aliphatic rings. The number of rotatable bonds is 7. The molecule has 2 heterocycles. The average molecular weight is 538 g/mol. The van der Waals surface area contributed by atoms with Gasteiger partial charge in [0.05, 0.1) is 4.90 Å². The van der Waals surface area contributed by atoms with E-state index >= 15 is 0 Å². The van der Waals surface area contributed by atoms with Gasteiger partial charge in [-0.15, -0.1) is 0 Å². The molecule has 1 saturated carbocycles. The SMILES string of the molecule is Cc1ccccc1S(=O)(=O)NC(=O)NC1(c2nccn2-c2cccc(-n3cccc3)c2)CC1c1ccccc1. The van der Waals surface area contributed by atoms with Crippen LogP contribution in [0.5, 0.6) is 0 Å². The Kier molecular flexibility index (Phi) is 6.07. The fourth-order valence-electron chi connectivity index (χ4n) is 5.21. The fraction of sp³-hybridized carbons (Fsp3) is 0.133. The van der Waals surface area contributed by atoms with Gasteiger partial charge >= 0.3 is 6.03 Å². The maximum Gasteiger partial charge on any atom is 0.329 e. The number of carbonyl (C=O) groups is 1. The molecule has 2 N–H and O–H groups in total. The van der Waals surface area contributed by atoms with Crippen LogP contribution in [-0.2, 0) is 15.6 Å². The van der Waals surface area contributed by atoms with Crippen molar-refractivity contribution >= 4 is 16.1 Å². The summed E-state index contributed by atoms with van der Waals surface area (Å²) in [5, 5.41) is 3.00. The minimum atomic E-state index is -4.07. The van der Waals surface area contributed by atoms with Gasteiger partial charge in [-0.3, -0.25) is 0 Å². The molecule has 8 nitrogen and oxygen atoms in total. The number of amides is 2. The summed E-state index contributed by atoms with van der Waals surface area (Å²) in [6.07, 6.45) is 8.08. The van der Waals surface area contributed by atoms with Crippen molar-refractivity contribution in [3.8, 4) is 11.4 Å². The third kappa shape index (κ3) is 4.61. The Bertz CT molecular complexity index is 1750. The molecule has 6 rings (SSSR count). The second kappa shape index (κ2) is 9.59. The zero-order chi connectivity index (χ0) is 27.0. The topological polar surface area (TPSA) is 98.0 Å². The van der Waals surface area contributed by atoms with Crippen LogP contribution in [0.25, 0.3) is 11.4 Å². The number of nitrogens with zero attached hydrogens (tertiary/aromatic N) is 3. The number of urea groups is 1. The summed E-state index contributed by atoms with van der Waals surface area (Å²) < 4.78 is 32.3. The van der Waals surface area contributed by atoms with E-state index in [1.807, 2.05) is 94.5 Å². The van der Waals surface area contributed by atoms with E-state index in [-0.39, 0.29) is 10.8 Å². The number of hydrogen-bond acceptors (Lipinski definition) is 4. The Hall–Kier alpha value is -4.63. The summed E-state index contributed by atoms with van der Waals surface area (Å²) in [6.45, 7) is 1.69. The molecule has 0 saturated heterocycles. The summed E-state index contributed by atoms with van der Waals surface area (Å²) in [6, 6.07) is 27.6. The molecule has 2 atom stereocenters. The van der Waals surface area contributed by atoms with Gasteiger partial charge in [0.15, 0.2) is 0 Å². The van der Waals surface area contributed by atoms with E-state index in [4.69, 9.17) is 0 Å². The van der Waals surface area contributed by atoms with Gasteiger partial charge in [0.25, 0.3) is 10.0 Å². The Morgan fingerprint density at radius 2 is 1.62 bits per heavy atom. The van der Waals surface area contributed by atoms with E-state index in [0.717, 1.165) is 16.9 Å². The molecule has 2 amide bonds. The minimum Gasteiger partial charge on any atom is -0.324 e. The minimum absolute atomic E-state index is 0.0629. The highest BCUT2D eigenvalue weighted by Crippen LogP contribution is 2.58. The standard InChI is InChI=1S/C30H27N5O3S/c1-22-10-5-6-15-27(22)39(37,38)33-29(36)32-30(21-26(30)23-11-3-2-4-12-23)28-31-16-19-35(28)25-14-9-13-24(20-25)34-17-7-8-18-34/h2-20,26H,21H2,1H3,(H2,32,33,36). The maximum absolute atomic E-state index is 13.3. The van der Waals surface area contributed by atoms with Crippen LogP contribution < -0.4 is 10.0 Å². The van der Waals surface area contributed by atoms with Crippen LogP contribution >= 0.6 is 0 Å². The zero-order valence-electron chi connectivity index (χ0n) is 21.2. The van der Waals surface area contributed by atoms with Crippen LogP contribution in [0.1, 0.15) is 29.3 Å².